The highest BCUT2D eigenvalue weighted by atomic mass is 35.5. The Labute approximate surface area is 58.3 Å². The minimum atomic E-state index is -4.86. The van der Waals surface area contributed by atoms with Gasteiger partial charge in [-0.25, -0.2) is 8.78 Å². The van der Waals surface area contributed by atoms with Crippen LogP contribution in [0.15, 0.2) is 11.1 Å². The van der Waals surface area contributed by atoms with E-state index in [0.29, 0.717) is 0 Å². The molecule has 0 spiro atoms. The normalized spacial score (nSPS) is 14.5. The molecule has 0 heterocycles. The molecule has 6 heteroatoms. The average Bonchev–Trinajstić information content (AvgIpc) is 1.60. The molecule has 10 heavy (non-hydrogen) atoms. The van der Waals surface area contributed by atoms with E-state index in [0.717, 1.165) is 0 Å². The van der Waals surface area contributed by atoms with Crippen molar-refractivity contribution in [1.29, 1.82) is 0 Å². The van der Waals surface area contributed by atoms with Gasteiger partial charge in [0.15, 0.2) is 0 Å². The Morgan fingerprint density at radius 2 is 1.70 bits per heavy atom. The van der Waals surface area contributed by atoms with Crippen LogP contribution in [0.5, 0.6) is 0 Å². The first-order valence-electron chi connectivity index (χ1n) is 2.06. The van der Waals surface area contributed by atoms with Crippen LogP contribution < -0.4 is 0 Å². The first-order chi connectivity index (χ1) is 4.34. The van der Waals surface area contributed by atoms with Crippen molar-refractivity contribution in [2.45, 2.75) is 12.6 Å². The van der Waals surface area contributed by atoms with Crippen LogP contribution in [-0.2, 0) is 0 Å². The molecule has 0 radical (unpaired) electrons. The quantitative estimate of drug-likeness (QED) is 0.545. The van der Waals surface area contributed by atoms with Crippen LogP contribution in [0, 0.1) is 0 Å². The van der Waals surface area contributed by atoms with Gasteiger partial charge in [-0.15, -0.1) is 0 Å². The van der Waals surface area contributed by atoms with E-state index >= 15 is 0 Å². The van der Waals surface area contributed by atoms with Crippen molar-refractivity contribution in [1.82, 2.24) is 0 Å². The van der Waals surface area contributed by atoms with Crippen LogP contribution in [-0.4, -0.2) is 12.6 Å². The SMILES string of the molecule is FC(F)C=C(Cl)C(F)(F)F. The van der Waals surface area contributed by atoms with Crippen molar-refractivity contribution in [2.24, 2.45) is 0 Å². The summed E-state index contributed by atoms with van der Waals surface area (Å²) in [5, 5.41) is -1.79. The molecule has 0 aromatic heterocycles. The van der Waals surface area contributed by atoms with Gasteiger partial charge in [0.1, 0.15) is 5.03 Å². The van der Waals surface area contributed by atoms with Crippen molar-refractivity contribution in [3.05, 3.63) is 11.1 Å². The van der Waals surface area contributed by atoms with Gasteiger partial charge in [0, 0.05) is 6.08 Å². The number of allylic oxidation sites excluding steroid dienone is 2. The van der Waals surface area contributed by atoms with Gasteiger partial charge in [-0.1, -0.05) is 11.6 Å². The Morgan fingerprint density at radius 3 is 1.80 bits per heavy atom. The Hall–Kier alpha value is -0.320. The predicted octanol–water partition coefficient (Wildman–Crippen LogP) is 2.94. The van der Waals surface area contributed by atoms with Crippen molar-refractivity contribution in [3.63, 3.8) is 0 Å². The molecule has 60 valence electrons. The van der Waals surface area contributed by atoms with E-state index in [1.807, 2.05) is 0 Å². The highest BCUT2D eigenvalue weighted by Gasteiger charge is 2.32. The van der Waals surface area contributed by atoms with E-state index in [2.05, 4.69) is 11.6 Å². The average molecular weight is 181 g/mol. The summed E-state index contributed by atoms with van der Waals surface area (Å²) in [5.74, 6) is 0. The monoisotopic (exact) mass is 180 g/mol. The van der Waals surface area contributed by atoms with Crippen LogP contribution in [0.25, 0.3) is 0 Å². The van der Waals surface area contributed by atoms with Crippen LogP contribution >= 0.6 is 11.6 Å². The molecule has 0 rings (SSSR count). The molecule has 0 aliphatic heterocycles. The first-order valence-corrected chi connectivity index (χ1v) is 2.44. The summed E-state index contributed by atoms with van der Waals surface area (Å²) >= 11 is 4.41. The van der Waals surface area contributed by atoms with Gasteiger partial charge in [-0.2, -0.15) is 13.2 Å². The molecule has 0 aromatic carbocycles. The van der Waals surface area contributed by atoms with E-state index in [1.54, 1.807) is 0 Å². The van der Waals surface area contributed by atoms with Crippen LogP contribution in [0.2, 0.25) is 0 Å². The number of hydrogen-bond donors (Lipinski definition) is 0. The van der Waals surface area contributed by atoms with Gasteiger partial charge in [-0.3, -0.25) is 0 Å². The fraction of sp³-hybridized carbons (Fsp3) is 0.500. The molecular weight excluding hydrogens is 178 g/mol. The highest BCUT2D eigenvalue weighted by Crippen LogP contribution is 2.29. The lowest BCUT2D eigenvalue weighted by atomic mass is 10.5. The molecule has 0 saturated carbocycles. The summed E-state index contributed by atoms with van der Waals surface area (Å²) in [6.45, 7) is 0. The number of alkyl halides is 5. The topological polar surface area (TPSA) is 0 Å². The maximum absolute atomic E-state index is 11.3. The number of rotatable bonds is 1. The molecule has 0 unspecified atom stereocenters. The fourth-order valence-corrected chi connectivity index (χ4v) is 0.300. The lowest BCUT2D eigenvalue weighted by Gasteiger charge is -2.02. The number of halogens is 6. The Bertz CT molecular complexity index is 135. The molecule has 0 aromatic rings. The third-order valence-electron chi connectivity index (χ3n) is 0.543. The fourth-order valence-electron chi connectivity index (χ4n) is 0.205. The summed E-state index contributed by atoms with van der Waals surface area (Å²) in [6, 6.07) is 0. The third-order valence-corrected chi connectivity index (χ3v) is 0.883. The summed E-state index contributed by atoms with van der Waals surface area (Å²) in [4.78, 5) is 0. The van der Waals surface area contributed by atoms with Gasteiger partial charge >= 0.3 is 6.18 Å². The first kappa shape index (κ1) is 9.68. The summed E-state index contributed by atoms with van der Waals surface area (Å²) in [6.07, 6.45) is -8.39. The molecule has 0 nitrogen and oxygen atoms in total. The maximum Gasteiger partial charge on any atom is 0.426 e. The zero-order valence-electron chi connectivity index (χ0n) is 4.42. The maximum atomic E-state index is 11.3. The van der Waals surface area contributed by atoms with Gasteiger partial charge < -0.3 is 0 Å². The zero-order valence-corrected chi connectivity index (χ0v) is 5.18. The second kappa shape index (κ2) is 3.18. The largest absolute Gasteiger partial charge is 0.426 e. The Balaban J connectivity index is 4.20. The number of hydrogen-bond acceptors (Lipinski definition) is 0. The van der Waals surface area contributed by atoms with Crippen molar-refractivity contribution >= 4 is 11.6 Å². The third kappa shape index (κ3) is 3.66. The summed E-state index contributed by atoms with van der Waals surface area (Å²) in [7, 11) is 0. The highest BCUT2D eigenvalue weighted by molar-refractivity contribution is 6.30. The molecule has 0 aliphatic carbocycles. The van der Waals surface area contributed by atoms with Gasteiger partial charge in [-0.05, 0) is 0 Å². The minimum Gasteiger partial charge on any atom is -0.206 e. The molecule has 0 saturated heterocycles. The lowest BCUT2D eigenvalue weighted by molar-refractivity contribution is -0.0855. The van der Waals surface area contributed by atoms with Gasteiger partial charge in [0.25, 0.3) is 6.43 Å². The van der Waals surface area contributed by atoms with Crippen molar-refractivity contribution in [3.8, 4) is 0 Å². The van der Waals surface area contributed by atoms with Crippen LogP contribution in [0.4, 0.5) is 22.0 Å². The molecular formula is C4H2ClF5. The zero-order chi connectivity index (χ0) is 8.36. The van der Waals surface area contributed by atoms with E-state index in [1.165, 1.54) is 0 Å². The van der Waals surface area contributed by atoms with Crippen LogP contribution in [0.3, 0.4) is 0 Å². The van der Waals surface area contributed by atoms with E-state index in [-0.39, 0.29) is 6.08 Å². The second-order valence-electron chi connectivity index (χ2n) is 1.35. The van der Waals surface area contributed by atoms with E-state index < -0.39 is 17.6 Å². The van der Waals surface area contributed by atoms with Crippen molar-refractivity contribution < 1.29 is 22.0 Å². The molecule has 0 bridgehead atoms. The van der Waals surface area contributed by atoms with Crippen LogP contribution in [0.1, 0.15) is 0 Å². The Morgan fingerprint density at radius 1 is 1.30 bits per heavy atom. The predicted molar refractivity (Wildman–Crippen MR) is 26.0 cm³/mol. The van der Waals surface area contributed by atoms with E-state index in [4.69, 9.17) is 0 Å². The second-order valence-corrected chi connectivity index (χ2v) is 1.75. The molecule has 0 aliphatic rings. The molecule has 0 N–H and O–H groups in total. The Kier molecular flexibility index (Phi) is 3.08. The van der Waals surface area contributed by atoms with Crippen molar-refractivity contribution in [2.75, 3.05) is 0 Å². The minimum absolute atomic E-state index is 0.360. The standard InChI is InChI=1S/C4H2ClF5/c5-2(1-3(6)7)4(8,9)10/h1,3H. The molecule has 0 fully saturated rings. The molecule has 0 amide bonds. The summed E-state index contributed by atoms with van der Waals surface area (Å²) < 4.78 is 56.1. The van der Waals surface area contributed by atoms with Gasteiger partial charge in [0.2, 0.25) is 0 Å². The lowest BCUT2D eigenvalue weighted by Crippen LogP contribution is -2.08. The van der Waals surface area contributed by atoms with Gasteiger partial charge in [0.05, 0.1) is 0 Å². The molecule has 0 atom stereocenters. The summed E-state index contributed by atoms with van der Waals surface area (Å²) in [5.41, 5.74) is 0. The van der Waals surface area contributed by atoms with E-state index in [9.17, 15) is 22.0 Å². The smallest absolute Gasteiger partial charge is 0.206 e.